The van der Waals surface area contributed by atoms with Crippen molar-refractivity contribution in [3.05, 3.63) is 18.3 Å². The van der Waals surface area contributed by atoms with Crippen LogP contribution >= 0.6 is 0 Å². The lowest BCUT2D eigenvalue weighted by molar-refractivity contribution is 0.576. The molecule has 0 saturated heterocycles. The minimum absolute atomic E-state index is 0.255. The van der Waals surface area contributed by atoms with Crippen LogP contribution in [0.3, 0.4) is 0 Å². The van der Waals surface area contributed by atoms with Crippen LogP contribution in [0.1, 0.15) is 33.1 Å². The summed E-state index contributed by atoms with van der Waals surface area (Å²) >= 11 is 0. The number of rotatable bonds is 8. The zero-order valence-corrected chi connectivity index (χ0v) is 11.8. The molecule has 5 nitrogen and oxygen atoms in total. The summed E-state index contributed by atoms with van der Waals surface area (Å²) in [4.78, 5) is 4.30. The van der Waals surface area contributed by atoms with Gasteiger partial charge in [0.2, 0.25) is 10.0 Å². The molecule has 0 aromatic carbocycles. The van der Waals surface area contributed by atoms with Crippen molar-refractivity contribution < 1.29 is 8.42 Å². The maximum atomic E-state index is 12.0. The van der Waals surface area contributed by atoms with Gasteiger partial charge in [0.25, 0.3) is 0 Å². The lowest BCUT2D eigenvalue weighted by Crippen LogP contribution is -2.25. The third kappa shape index (κ3) is 4.62. The number of nitrogens with one attached hydrogen (secondary N) is 2. The largest absolute Gasteiger partial charge is 0.370 e. The molecule has 1 aromatic rings. The highest BCUT2D eigenvalue weighted by atomic mass is 32.2. The van der Waals surface area contributed by atoms with E-state index in [1.165, 1.54) is 12.3 Å². The van der Waals surface area contributed by atoms with Gasteiger partial charge in [0.05, 0.1) is 4.90 Å². The summed E-state index contributed by atoms with van der Waals surface area (Å²) in [5, 5.41) is 2.99. The SMILES string of the molecule is CCCCCNS(=O)(=O)c1ccnc(NCC)c1. The highest BCUT2D eigenvalue weighted by Gasteiger charge is 2.13. The van der Waals surface area contributed by atoms with E-state index in [0.717, 1.165) is 19.3 Å². The summed E-state index contributed by atoms with van der Waals surface area (Å²) < 4.78 is 26.6. The average molecular weight is 271 g/mol. The number of unbranched alkanes of at least 4 members (excludes halogenated alkanes) is 2. The maximum absolute atomic E-state index is 12.0. The second-order valence-corrected chi connectivity index (χ2v) is 5.78. The van der Waals surface area contributed by atoms with E-state index in [4.69, 9.17) is 0 Å². The van der Waals surface area contributed by atoms with Crippen LogP contribution in [-0.4, -0.2) is 26.5 Å². The van der Waals surface area contributed by atoms with Crippen molar-refractivity contribution >= 4 is 15.8 Å². The van der Waals surface area contributed by atoms with Gasteiger partial charge in [-0.2, -0.15) is 0 Å². The van der Waals surface area contributed by atoms with Gasteiger partial charge in [-0.1, -0.05) is 19.8 Å². The monoisotopic (exact) mass is 271 g/mol. The molecule has 0 saturated carbocycles. The van der Waals surface area contributed by atoms with Crippen LogP contribution in [0.4, 0.5) is 5.82 Å². The van der Waals surface area contributed by atoms with Crippen LogP contribution in [0.2, 0.25) is 0 Å². The molecule has 0 aliphatic carbocycles. The molecule has 1 heterocycles. The molecule has 0 aliphatic rings. The van der Waals surface area contributed by atoms with Crippen molar-refractivity contribution in [2.24, 2.45) is 0 Å². The Bertz CT molecular complexity index is 460. The van der Waals surface area contributed by atoms with Crippen molar-refractivity contribution in [2.45, 2.75) is 38.0 Å². The first kappa shape index (κ1) is 14.9. The molecule has 6 heteroatoms. The topological polar surface area (TPSA) is 71.1 Å². The Hall–Kier alpha value is -1.14. The molecule has 102 valence electrons. The molecule has 1 rings (SSSR count). The van der Waals surface area contributed by atoms with Gasteiger partial charge in [-0.05, 0) is 19.4 Å². The van der Waals surface area contributed by atoms with Gasteiger partial charge in [0, 0.05) is 25.4 Å². The molecule has 0 aliphatic heterocycles. The van der Waals surface area contributed by atoms with E-state index in [1.807, 2.05) is 6.92 Å². The zero-order valence-electron chi connectivity index (χ0n) is 10.9. The van der Waals surface area contributed by atoms with Crippen molar-refractivity contribution in [3.8, 4) is 0 Å². The minimum Gasteiger partial charge on any atom is -0.370 e. The van der Waals surface area contributed by atoms with E-state index in [0.29, 0.717) is 18.9 Å². The van der Waals surface area contributed by atoms with Gasteiger partial charge in [-0.25, -0.2) is 18.1 Å². The van der Waals surface area contributed by atoms with Gasteiger partial charge in [0.1, 0.15) is 5.82 Å². The summed E-state index contributed by atoms with van der Waals surface area (Å²) in [6, 6.07) is 3.05. The van der Waals surface area contributed by atoms with E-state index >= 15 is 0 Å². The van der Waals surface area contributed by atoms with Crippen LogP contribution in [0, 0.1) is 0 Å². The standard InChI is InChI=1S/C12H21N3O2S/c1-3-5-6-8-15-18(16,17)11-7-9-14-12(10-11)13-4-2/h7,9-10,15H,3-6,8H2,1-2H3,(H,13,14). The van der Waals surface area contributed by atoms with Crippen molar-refractivity contribution in [1.82, 2.24) is 9.71 Å². The summed E-state index contributed by atoms with van der Waals surface area (Å²) in [5.41, 5.74) is 0. The fourth-order valence-corrected chi connectivity index (χ4v) is 2.61. The lowest BCUT2D eigenvalue weighted by atomic mass is 10.3. The van der Waals surface area contributed by atoms with Crippen LogP contribution in [0.25, 0.3) is 0 Å². The van der Waals surface area contributed by atoms with Crippen molar-refractivity contribution in [1.29, 1.82) is 0 Å². The molecular formula is C12H21N3O2S. The van der Waals surface area contributed by atoms with E-state index in [9.17, 15) is 8.42 Å². The smallest absolute Gasteiger partial charge is 0.240 e. The molecule has 0 fully saturated rings. The molecule has 0 amide bonds. The predicted octanol–water partition coefficient (Wildman–Crippen LogP) is 1.98. The number of nitrogens with zero attached hydrogens (tertiary/aromatic N) is 1. The van der Waals surface area contributed by atoms with Crippen molar-refractivity contribution in [2.75, 3.05) is 18.4 Å². The van der Waals surface area contributed by atoms with Gasteiger partial charge in [0.15, 0.2) is 0 Å². The first-order valence-electron chi connectivity index (χ1n) is 6.29. The van der Waals surface area contributed by atoms with Crippen molar-refractivity contribution in [3.63, 3.8) is 0 Å². The van der Waals surface area contributed by atoms with Crippen LogP contribution in [0.15, 0.2) is 23.2 Å². The number of hydrogen-bond acceptors (Lipinski definition) is 4. The molecule has 0 unspecified atom stereocenters. The third-order valence-corrected chi connectivity index (χ3v) is 3.93. The Labute approximate surface area is 109 Å². The lowest BCUT2D eigenvalue weighted by Gasteiger charge is -2.08. The summed E-state index contributed by atoms with van der Waals surface area (Å²) in [6.45, 7) is 5.21. The Morgan fingerprint density at radius 2 is 2.06 bits per heavy atom. The Kier molecular flexibility index (Phi) is 6.07. The van der Waals surface area contributed by atoms with E-state index in [-0.39, 0.29) is 4.90 Å². The molecule has 0 atom stereocenters. The summed E-state index contributed by atoms with van der Waals surface area (Å²) in [6.07, 6.45) is 4.46. The number of sulfonamides is 1. The molecule has 0 radical (unpaired) electrons. The molecule has 0 spiro atoms. The van der Waals surface area contributed by atoms with E-state index in [1.54, 1.807) is 6.07 Å². The number of anilines is 1. The summed E-state index contributed by atoms with van der Waals surface area (Å²) in [7, 11) is -3.41. The normalized spacial score (nSPS) is 11.4. The fraction of sp³-hybridized carbons (Fsp3) is 0.583. The van der Waals surface area contributed by atoms with Crippen LogP contribution < -0.4 is 10.0 Å². The highest BCUT2D eigenvalue weighted by Crippen LogP contribution is 2.12. The minimum atomic E-state index is -3.41. The zero-order chi connectivity index (χ0) is 13.4. The van der Waals surface area contributed by atoms with Gasteiger partial charge in [-0.15, -0.1) is 0 Å². The Morgan fingerprint density at radius 1 is 1.28 bits per heavy atom. The number of aromatic nitrogens is 1. The molecule has 1 aromatic heterocycles. The van der Waals surface area contributed by atoms with Crippen LogP contribution in [0.5, 0.6) is 0 Å². The second kappa shape index (κ2) is 7.33. The fourth-order valence-electron chi connectivity index (χ4n) is 1.52. The Morgan fingerprint density at radius 3 is 2.72 bits per heavy atom. The number of hydrogen-bond donors (Lipinski definition) is 2. The molecule has 0 bridgehead atoms. The molecule has 2 N–H and O–H groups in total. The Balaban J connectivity index is 2.69. The maximum Gasteiger partial charge on any atom is 0.240 e. The molecule has 18 heavy (non-hydrogen) atoms. The quantitative estimate of drug-likeness (QED) is 0.709. The first-order valence-corrected chi connectivity index (χ1v) is 7.78. The van der Waals surface area contributed by atoms with Gasteiger partial charge in [-0.3, -0.25) is 0 Å². The van der Waals surface area contributed by atoms with Gasteiger partial charge >= 0.3 is 0 Å². The van der Waals surface area contributed by atoms with E-state index < -0.39 is 10.0 Å². The third-order valence-electron chi connectivity index (χ3n) is 2.47. The number of pyridine rings is 1. The van der Waals surface area contributed by atoms with Crippen LogP contribution in [-0.2, 0) is 10.0 Å². The molecular weight excluding hydrogens is 250 g/mol. The van der Waals surface area contributed by atoms with E-state index in [2.05, 4.69) is 21.9 Å². The van der Waals surface area contributed by atoms with Gasteiger partial charge < -0.3 is 5.32 Å². The first-order chi connectivity index (χ1) is 8.60. The predicted molar refractivity (Wildman–Crippen MR) is 73.1 cm³/mol. The average Bonchev–Trinajstić information content (AvgIpc) is 2.36. The summed E-state index contributed by atoms with van der Waals surface area (Å²) in [5.74, 6) is 0.578. The second-order valence-electron chi connectivity index (χ2n) is 4.01. The highest BCUT2D eigenvalue weighted by molar-refractivity contribution is 7.89.